The molecule has 1 rings (SSSR count). The second kappa shape index (κ2) is 6.46. The normalized spacial score (nSPS) is 23.0. The molecule has 2 unspecified atom stereocenters. The van der Waals surface area contributed by atoms with Gasteiger partial charge in [0.15, 0.2) is 0 Å². The summed E-state index contributed by atoms with van der Waals surface area (Å²) in [5.41, 5.74) is 0. The van der Waals surface area contributed by atoms with Crippen LogP contribution < -0.4 is 5.32 Å². The Balaban J connectivity index is 2.58. The molecule has 1 saturated heterocycles. The Morgan fingerprint density at radius 1 is 1.27 bits per heavy atom. The maximum absolute atomic E-state index is 5.61. The Hall–Kier alpha value is -0.120. The zero-order valence-electron chi connectivity index (χ0n) is 10.5. The molecule has 90 valence electrons. The van der Waals surface area contributed by atoms with Crippen LogP contribution in [0.1, 0.15) is 26.7 Å². The van der Waals surface area contributed by atoms with E-state index in [4.69, 9.17) is 9.47 Å². The van der Waals surface area contributed by atoms with E-state index in [9.17, 15) is 0 Å². The summed E-state index contributed by atoms with van der Waals surface area (Å²) in [5, 5.41) is 3.42. The molecule has 1 fully saturated rings. The first-order valence-corrected chi connectivity index (χ1v) is 5.98. The Labute approximate surface area is 93.5 Å². The molecule has 0 spiro atoms. The topological polar surface area (TPSA) is 30.5 Å². The van der Waals surface area contributed by atoms with Crippen LogP contribution in [-0.4, -0.2) is 39.5 Å². The number of ether oxygens (including phenoxy) is 2. The number of nitrogens with one attached hydrogen (secondary N) is 1. The van der Waals surface area contributed by atoms with E-state index in [0.717, 1.165) is 26.1 Å². The fraction of sp³-hybridized carbons (Fsp3) is 1.00. The van der Waals surface area contributed by atoms with E-state index in [1.165, 1.54) is 0 Å². The molecule has 0 saturated carbocycles. The molecular weight excluding hydrogens is 190 g/mol. The second-order valence-electron chi connectivity index (χ2n) is 4.71. The van der Waals surface area contributed by atoms with Gasteiger partial charge in [0.2, 0.25) is 0 Å². The molecule has 1 heterocycles. The van der Waals surface area contributed by atoms with Crippen LogP contribution in [0.15, 0.2) is 0 Å². The molecule has 2 atom stereocenters. The van der Waals surface area contributed by atoms with Crippen molar-refractivity contribution < 1.29 is 9.47 Å². The number of hydrogen-bond donors (Lipinski definition) is 1. The lowest BCUT2D eigenvalue weighted by atomic mass is 9.84. The average molecular weight is 215 g/mol. The molecule has 0 bridgehead atoms. The van der Waals surface area contributed by atoms with E-state index in [2.05, 4.69) is 19.2 Å². The van der Waals surface area contributed by atoms with Crippen LogP contribution in [0.3, 0.4) is 0 Å². The molecule has 1 aliphatic rings. The zero-order chi connectivity index (χ0) is 11.3. The molecule has 0 aliphatic carbocycles. The molecule has 0 radical (unpaired) electrons. The highest BCUT2D eigenvalue weighted by atomic mass is 16.5. The van der Waals surface area contributed by atoms with Crippen LogP contribution in [0.25, 0.3) is 0 Å². The number of likely N-dealkylation sites (N-methyl/N-ethyl adjacent to an activating group) is 1. The van der Waals surface area contributed by atoms with Gasteiger partial charge in [-0.1, -0.05) is 13.8 Å². The lowest BCUT2D eigenvalue weighted by Gasteiger charge is -2.36. The summed E-state index contributed by atoms with van der Waals surface area (Å²) in [5.74, 6) is 1.24. The van der Waals surface area contributed by atoms with Crippen molar-refractivity contribution in [2.75, 3.05) is 27.4 Å². The van der Waals surface area contributed by atoms with Gasteiger partial charge >= 0.3 is 0 Å². The predicted molar refractivity (Wildman–Crippen MR) is 62.0 cm³/mol. The molecule has 0 aromatic carbocycles. The van der Waals surface area contributed by atoms with Gasteiger partial charge in [0.25, 0.3) is 0 Å². The minimum atomic E-state index is 0.304. The maximum Gasteiger partial charge on any atom is 0.0749 e. The van der Waals surface area contributed by atoms with E-state index in [1.54, 1.807) is 0 Å². The van der Waals surface area contributed by atoms with Crippen molar-refractivity contribution in [1.29, 1.82) is 0 Å². The van der Waals surface area contributed by atoms with Gasteiger partial charge in [-0.15, -0.1) is 0 Å². The van der Waals surface area contributed by atoms with E-state index in [1.807, 2.05) is 14.2 Å². The van der Waals surface area contributed by atoms with Crippen molar-refractivity contribution in [2.24, 2.45) is 11.8 Å². The van der Waals surface area contributed by atoms with Crippen molar-refractivity contribution in [3.63, 3.8) is 0 Å². The largest absolute Gasteiger partial charge is 0.381 e. The third kappa shape index (κ3) is 3.44. The highest BCUT2D eigenvalue weighted by Gasteiger charge is 2.31. The SMILES string of the molecule is CNC(C1CCOCC1)C(OC)C(C)C. The van der Waals surface area contributed by atoms with Crippen LogP contribution in [0.2, 0.25) is 0 Å². The first kappa shape index (κ1) is 12.9. The molecule has 3 heteroatoms. The second-order valence-corrected chi connectivity index (χ2v) is 4.71. The third-order valence-electron chi connectivity index (χ3n) is 3.39. The van der Waals surface area contributed by atoms with Crippen LogP contribution in [0, 0.1) is 11.8 Å². The molecule has 1 aliphatic heterocycles. The van der Waals surface area contributed by atoms with Gasteiger partial charge < -0.3 is 14.8 Å². The number of rotatable bonds is 5. The summed E-state index contributed by atoms with van der Waals surface area (Å²) in [6, 6.07) is 0.457. The Morgan fingerprint density at radius 3 is 2.27 bits per heavy atom. The summed E-state index contributed by atoms with van der Waals surface area (Å²) in [6.07, 6.45) is 2.61. The summed E-state index contributed by atoms with van der Waals surface area (Å²) >= 11 is 0. The van der Waals surface area contributed by atoms with Crippen LogP contribution in [0.5, 0.6) is 0 Å². The lowest BCUT2D eigenvalue weighted by Crippen LogP contribution is -2.48. The Kier molecular flexibility index (Phi) is 5.58. The van der Waals surface area contributed by atoms with Gasteiger partial charge in [-0.05, 0) is 31.7 Å². The molecule has 0 aromatic rings. The predicted octanol–water partition coefficient (Wildman–Crippen LogP) is 1.67. The summed E-state index contributed by atoms with van der Waals surface area (Å²) in [6.45, 7) is 6.24. The monoisotopic (exact) mass is 215 g/mol. The summed E-state index contributed by atoms with van der Waals surface area (Å²) < 4.78 is 11.0. The zero-order valence-corrected chi connectivity index (χ0v) is 10.5. The smallest absolute Gasteiger partial charge is 0.0749 e. The van der Waals surface area contributed by atoms with Gasteiger partial charge in [0, 0.05) is 26.4 Å². The third-order valence-corrected chi connectivity index (χ3v) is 3.39. The molecule has 15 heavy (non-hydrogen) atoms. The van der Waals surface area contributed by atoms with E-state index >= 15 is 0 Å². The van der Waals surface area contributed by atoms with Gasteiger partial charge in [-0.3, -0.25) is 0 Å². The van der Waals surface area contributed by atoms with Gasteiger partial charge in [0.1, 0.15) is 0 Å². The van der Waals surface area contributed by atoms with Crippen molar-refractivity contribution in [3.8, 4) is 0 Å². The Morgan fingerprint density at radius 2 is 1.87 bits per heavy atom. The number of hydrogen-bond acceptors (Lipinski definition) is 3. The lowest BCUT2D eigenvalue weighted by molar-refractivity contribution is -0.0134. The fourth-order valence-electron chi connectivity index (χ4n) is 2.58. The molecule has 1 N–H and O–H groups in total. The fourth-order valence-corrected chi connectivity index (χ4v) is 2.58. The van der Waals surface area contributed by atoms with Gasteiger partial charge in [-0.25, -0.2) is 0 Å². The van der Waals surface area contributed by atoms with Crippen LogP contribution >= 0.6 is 0 Å². The minimum Gasteiger partial charge on any atom is -0.381 e. The highest BCUT2D eigenvalue weighted by molar-refractivity contribution is 4.85. The standard InChI is InChI=1S/C12H25NO2/c1-9(2)12(14-4)11(13-3)10-5-7-15-8-6-10/h9-13H,5-8H2,1-4H3. The van der Waals surface area contributed by atoms with Crippen molar-refractivity contribution >= 4 is 0 Å². The molecule has 0 aromatic heterocycles. The van der Waals surface area contributed by atoms with Crippen LogP contribution in [0.4, 0.5) is 0 Å². The van der Waals surface area contributed by atoms with Crippen molar-refractivity contribution in [1.82, 2.24) is 5.32 Å². The van der Waals surface area contributed by atoms with Crippen molar-refractivity contribution in [2.45, 2.75) is 38.8 Å². The van der Waals surface area contributed by atoms with Crippen molar-refractivity contribution in [3.05, 3.63) is 0 Å². The van der Waals surface area contributed by atoms with E-state index in [-0.39, 0.29) is 0 Å². The van der Waals surface area contributed by atoms with E-state index < -0.39 is 0 Å². The number of methoxy groups -OCH3 is 1. The molecule has 3 nitrogen and oxygen atoms in total. The van der Waals surface area contributed by atoms with Gasteiger partial charge in [-0.2, -0.15) is 0 Å². The molecular formula is C12H25NO2. The minimum absolute atomic E-state index is 0.304. The summed E-state index contributed by atoms with van der Waals surface area (Å²) in [7, 11) is 3.85. The Bertz CT molecular complexity index is 167. The first-order valence-electron chi connectivity index (χ1n) is 5.98. The molecule has 0 amide bonds. The van der Waals surface area contributed by atoms with E-state index in [0.29, 0.717) is 24.0 Å². The first-order chi connectivity index (χ1) is 7.20. The quantitative estimate of drug-likeness (QED) is 0.757. The highest BCUT2D eigenvalue weighted by Crippen LogP contribution is 2.24. The average Bonchev–Trinajstić information content (AvgIpc) is 2.26. The maximum atomic E-state index is 5.61. The van der Waals surface area contributed by atoms with Gasteiger partial charge in [0.05, 0.1) is 6.10 Å². The summed E-state index contributed by atoms with van der Waals surface area (Å²) in [4.78, 5) is 0. The van der Waals surface area contributed by atoms with Crippen LogP contribution in [-0.2, 0) is 9.47 Å².